The van der Waals surface area contributed by atoms with Gasteiger partial charge in [-0.25, -0.2) is 4.39 Å². The molecular weight excluding hydrogens is 319 g/mol. The number of carbonyl (C=O) groups is 1. The Morgan fingerprint density at radius 3 is 2.57 bits per heavy atom. The quantitative estimate of drug-likeness (QED) is 0.920. The summed E-state index contributed by atoms with van der Waals surface area (Å²) in [5.41, 5.74) is 0.568. The van der Waals surface area contributed by atoms with Crippen LogP contribution >= 0.6 is 11.6 Å². The highest BCUT2D eigenvalue weighted by Crippen LogP contribution is 2.30. The molecule has 3 rings (SSSR count). The Labute approximate surface area is 140 Å². The van der Waals surface area contributed by atoms with E-state index in [1.165, 1.54) is 12.1 Å². The van der Waals surface area contributed by atoms with Crippen LogP contribution in [0.5, 0.6) is 0 Å². The first-order valence-corrected chi connectivity index (χ1v) is 8.53. The molecule has 1 aromatic carbocycles. The van der Waals surface area contributed by atoms with Gasteiger partial charge in [0.2, 0.25) is 5.91 Å². The zero-order chi connectivity index (χ0) is 16.6. The summed E-state index contributed by atoms with van der Waals surface area (Å²) in [6.07, 6.45) is 2.29. The van der Waals surface area contributed by atoms with E-state index in [1.807, 2.05) is 6.92 Å². The summed E-state index contributed by atoms with van der Waals surface area (Å²) >= 11 is 5.71. The molecule has 1 amide bonds. The molecule has 2 unspecified atom stereocenters. The summed E-state index contributed by atoms with van der Waals surface area (Å²) in [7, 11) is 0. The standard InChI is InChI=1S/C17H22ClFN2O2/c1-11(22)12-4-7-20(8-5-12)16-6-9-21(17(16)23)13-2-3-14(18)15(19)10-13/h2-3,10-12,16,22H,4-9H2,1H3. The number of hydrogen-bond acceptors (Lipinski definition) is 3. The highest BCUT2D eigenvalue weighted by atomic mass is 35.5. The molecule has 2 aliphatic heterocycles. The van der Waals surface area contributed by atoms with Crippen molar-refractivity contribution in [2.75, 3.05) is 24.5 Å². The first-order valence-electron chi connectivity index (χ1n) is 8.16. The first-order chi connectivity index (χ1) is 11.0. The van der Waals surface area contributed by atoms with Crippen LogP contribution in [0.15, 0.2) is 18.2 Å². The highest BCUT2D eigenvalue weighted by Gasteiger charge is 2.38. The average molecular weight is 341 g/mol. The van der Waals surface area contributed by atoms with Gasteiger partial charge in [0.25, 0.3) is 0 Å². The Hall–Kier alpha value is -1.17. The SMILES string of the molecule is CC(O)C1CCN(C2CCN(c3ccc(Cl)c(F)c3)C2=O)CC1. The number of benzene rings is 1. The van der Waals surface area contributed by atoms with Gasteiger partial charge in [0.15, 0.2) is 0 Å². The molecule has 2 saturated heterocycles. The van der Waals surface area contributed by atoms with Crippen LogP contribution in [0.2, 0.25) is 5.02 Å². The maximum atomic E-state index is 13.6. The predicted molar refractivity (Wildman–Crippen MR) is 88.1 cm³/mol. The maximum absolute atomic E-state index is 13.6. The molecule has 2 atom stereocenters. The molecular formula is C17H22ClFN2O2. The van der Waals surface area contributed by atoms with E-state index in [2.05, 4.69) is 4.90 Å². The number of anilines is 1. The van der Waals surface area contributed by atoms with Gasteiger partial charge in [0.05, 0.1) is 17.2 Å². The van der Waals surface area contributed by atoms with Crippen LogP contribution in [0.25, 0.3) is 0 Å². The van der Waals surface area contributed by atoms with Gasteiger partial charge in [0, 0.05) is 12.2 Å². The van der Waals surface area contributed by atoms with Crippen LogP contribution in [0.1, 0.15) is 26.2 Å². The zero-order valence-electron chi connectivity index (χ0n) is 13.2. The van der Waals surface area contributed by atoms with Gasteiger partial charge in [-0.2, -0.15) is 0 Å². The topological polar surface area (TPSA) is 43.8 Å². The van der Waals surface area contributed by atoms with Crippen molar-refractivity contribution in [2.45, 2.75) is 38.3 Å². The molecule has 4 nitrogen and oxygen atoms in total. The van der Waals surface area contributed by atoms with Crippen molar-refractivity contribution in [1.29, 1.82) is 0 Å². The number of halogens is 2. The second kappa shape index (κ2) is 6.75. The molecule has 0 aliphatic carbocycles. The number of piperidine rings is 1. The average Bonchev–Trinajstić information content (AvgIpc) is 2.92. The molecule has 6 heteroatoms. The van der Waals surface area contributed by atoms with E-state index < -0.39 is 5.82 Å². The van der Waals surface area contributed by atoms with Gasteiger partial charge in [-0.05, 0) is 63.4 Å². The summed E-state index contributed by atoms with van der Waals surface area (Å²) in [5.74, 6) is -0.149. The van der Waals surface area contributed by atoms with E-state index in [1.54, 1.807) is 11.0 Å². The maximum Gasteiger partial charge on any atom is 0.244 e. The number of hydrogen-bond donors (Lipinski definition) is 1. The van der Waals surface area contributed by atoms with Crippen molar-refractivity contribution < 1.29 is 14.3 Å². The van der Waals surface area contributed by atoms with Gasteiger partial charge >= 0.3 is 0 Å². The molecule has 2 fully saturated rings. The zero-order valence-corrected chi connectivity index (χ0v) is 14.0. The number of rotatable bonds is 3. The summed E-state index contributed by atoms with van der Waals surface area (Å²) < 4.78 is 13.6. The molecule has 1 aromatic rings. The third kappa shape index (κ3) is 3.37. The Morgan fingerprint density at radius 2 is 1.96 bits per heavy atom. The van der Waals surface area contributed by atoms with Crippen LogP contribution in [-0.4, -0.2) is 47.7 Å². The minimum absolute atomic E-state index is 0.0298. The number of aliphatic hydroxyl groups excluding tert-OH is 1. The molecule has 0 radical (unpaired) electrons. The lowest BCUT2D eigenvalue weighted by Crippen LogP contribution is -2.47. The molecule has 0 bridgehead atoms. The smallest absolute Gasteiger partial charge is 0.244 e. The lowest BCUT2D eigenvalue weighted by Gasteiger charge is -2.36. The monoisotopic (exact) mass is 340 g/mol. The van der Waals surface area contributed by atoms with Crippen LogP contribution in [0, 0.1) is 11.7 Å². The first kappa shape index (κ1) is 16.7. The Morgan fingerprint density at radius 1 is 1.26 bits per heavy atom. The van der Waals surface area contributed by atoms with Crippen molar-refractivity contribution in [2.24, 2.45) is 5.92 Å². The second-order valence-electron chi connectivity index (χ2n) is 6.51. The number of aliphatic hydroxyl groups is 1. The van der Waals surface area contributed by atoms with E-state index in [9.17, 15) is 14.3 Å². The summed E-state index contributed by atoms with van der Waals surface area (Å²) in [6.45, 7) is 4.09. The Bertz CT molecular complexity index is 588. The van der Waals surface area contributed by atoms with E-state index in [0.717, 1.165) is 32.4 Å². The summed E-state index contributed by atoms with van der Waals surface area (Å²) in [5, 5.41) is 9.75. The van der Waals surface area contributed by atoms with Crippen molar-refractivity contribution in [3.63, 3.8) is 0 Å². The fraction of sp³-hybridized carbons (Fsp3) is 0.588. The fourth-order valence-electron chi connectivity index (χ4n) is 3.63. The minimum atomic E-state index is -0.502. The number of nitrogens with zero attached hydrogens (tertiary/aromatic N) is 2. The molecule has 126 valence electrons. The second-order valence-corrected chi connectivity index (χ2v) is 6.91. The van der Waals surface area contributed by atoms with E-state index in [-0.39, 0.29) is 23.1 Å². The Kier molecular flexibility index (Phi) is 4.90. The van der Waals surface area contributed by atoms with Crippen molar-refractivity contribution in [1.82, 2.24) is 4.90 Å². The largest absolute Gasteiger partial charge is 0.393 e. The van der Waals surface area contributed by atoms with Gasteiger partial charge in [-0.3, -0.25) is 9.69 Å². The van der Waals surface area contributed by atoms with Gasteiger partial charge in [0.1, 0.15) is 5.82 Å². The number of carbonyl (C=O) groups excluding carboxylic acids is 1. The predicted octanol–water partition coefficient (Wildman–Crippen LogP) is 2.68. The van der Waals surface area contributed by atoms with Crippen LogP contribution in [0.3, 0.4) is 0 Å². The third-order valence-corrected chi connectivity index (χ3v) is 5.40. The molecule has 23 heavy (non-hydrogen) atoms. The number of amides is 1. The summed E-state index contributed by atoms with van der Waals surface area (Å²) in [4.78, 5) is 16.5. The van der Waals surface area contributed by atoms with Crippen LogP contribution in [-0.2, 0) is 4.79 Å². The molecule has 2 heterocycles. The normalized spacial score (nSPS) is 25.1. The Balaban J connectivity index is 1.66. The number of likely N-dealkylation sites (tertiary alicyclic amines) is 1. The van der Waals surface area contributed by atoms with E-state index in [4.69, 9.17) is 11.6 Å². The molecule has 0 aromatic heterocycles. The lowest BCUT2D eigenvalue weighted by atomic mass is 9.91. The highest BCUT2D eigenvalue weighted by molar-refractivity contribution is 6.30. The molecule has 1 N–H and O–H groups in total. The van der Waals surface area contributed by atoms with Crippen molar-refractivity contribution >= 4 is 23.2 Å². The molecule has 0 spiro atoms. The van der Waals surface area contributed by atoms with E-state index >= 15 is 0 Å². The minimum Gasteiger partial charge on any atom is -0.393 e. The van der Waals surface area contributed by atoms with Crippen molar-refractivity contribution in [3.05, 3.63) is 29.0 Å². The van der Waals surface area contributed by atoms with E-state index in [0.29, 0.717) is 18.2 Å². The van der Waals surface area contributed by atoms with Crippen molar-refractivity contribution in [3.8, 4) is 0 Å². The molecule has 2 aliphatic rings. The van der Waals surface area contributed by atoms with Gasteiger partial charge < -0.3 is 10.0 Å². The third-order valence-electron chi connectivity index (χ3n) is 5.09. The van der Waals surface area contributed by atoms with Crippen LogP contribution < -0.4 is 4.90 Å². The molecule has 0 saturated carbocycles. The fourth-order valence-corrected chi connectivity index (χ4v) is 3.74. The van der Waals surface area contributed by atoms with Gasteiger partial charge in [-0.15, -0.1) is 0 Å². The van der Waals surface area contributed by atoms with Crippen LogP contribution in [0.4, 0.5) is 10.1 Å². The lowest BCUT2D eigenvalue weighted by molar-refractivity contribution is -0.122. The van der Waals surface area contributed by atoms with Gasteiger partial charge in [-0.1, -0.05) is 11.6 Å². The summed E-state index contributed by atoms with van der Waals surface area (Å²) in [6, 6.07) is 4.36.